The molecule has 0 saturated heterocycles. The summed E-state index contributed by atoms with van der Waals surface area (Å²) < 4.78 is 0. The molecular formula is C69H57N. The molecule has 0 amide bonds. The highest BCUT2D eigenvalue weighted by Gasteiger charge is 2.52. The summed E-state index contributed by atoms with van der Waals surface area (Å²) in [5, 5.41) is 0. The standard InChI is InChI=1S/C69H57N/c1-67(2)58-40-55(52-34-28-49(29-35-52)25-22-46-16-10-7-11-17-46)42-60-64(58)70-65-59(67)41-56(53-36-30-50(31-37-53)26-23-47-18-12-8-13-19-47)43-61(65)69(5,6)63-45-57(44-62(66(63)70)68(60,3)4)54-38-32-51(33-39-54)27-24-48-20-14-9-15-21-48/h7-45H,1-6H3/b25-22+,26-23+,27-24+. The van der Waals surface area contributed by atoms with E-state index in [9.17, 15) is 0 Å². The van der Waals surface area contributed by atoms with Crippen LogP contribution in [0.2, 0.25) is 0 Å². The molecule has 0 fully saturated rings. The zero-order chi connectivity index (χ0) is 47.8. The van der Waals surface area contributed by atoms with E-state index in [2.05, 4.69) is 283 Å². The van der Waals surface area contributed by atoms with Crippen LogP contribution in [-0.2, 0) is 16.2 Å². The van der Waals surface area contributed by atoms with Crippen molar-refractivity contribution in [2.45, 2.75) is 57.8 Å². The minimum atomic E-state index is -0.300. The van der Waals surface area contributed by atoms with E-state index in [1.54, 1.807) is 0 Å². The number of hydrogen-bond acceptors (Lipinski definition) is 1. The molecule has 70 heavy (non-hydrogen) atoms. The lowest BCUT2D eigenvalue weighted by molar-refractivity contribution is 0.567. The minimum absolute atomic E-state index is 0.300. The lowest BCUT2D eigenvalue weighted by Crippen LogP contribution is -2.43. The topological polar surface area (TPSA) is 3.24 Å². The summed E-state index contributed by atoms with van der Waals surface area (Å²) in [5.41, 5.74) is 26.0. The fourth-order valence-corrected chi connectivity index (χ4v) is 11.4. The molecule has 0 unspecified atom stereocenters. The first-order valence-corrected chi connectivity index (χ1v) is 24.8. The van der Waals surface area contributed by atoms with Crippen LogP contribution in [0.4, 0.5) is 17.1 Å². The van der Waals surface area contributed by atoms with E-state index in [1.165, 1.54) is 117 Å². The van der Waals surface area contributed by atoms with Crippen LogP contribution in [0.5, 0.6) is 0 Å². The second-order valence-corrected chi connectivity index (χ2v) is 21.1. The molecule has 0 spiro atoms. The first-order chi connectivity index (χ1) is 33.9. The lowest BCUT2D eigenvalue weighted by Gasteiger charge is -2.55. The molecule has 3 heterocycles. The van der Waals surface area contributed by atoms with Crippen LogP contribution in [0.1, 0.15) is 108 Å². The largest absolute Gasteiger partial charge is 0.309 e. The number of hydrogen-bond donors (Lipinski definition) is 0. The van der Waals surface area contributed by atoms with Gasteiger partial charge in [0.25, 0.3) is 0 Å². The predicted octanol–water partition coefficient (Wildman–Crippen LogP) is 18.6. The Morgan fingerprint density at radius 2 is 0.443 bits per heavy atom. The van der Waals surface area contributed by atoms with Crippen LogP contribution in [0.3, 0.4) is 0 Å². The lowest BCUT2D eigenvalue weighted by atomic mass is 9.60. The maximum atomic E-state index is 2.70. The monoisotopic (exact) mass is 899 g/mol. The van der Waals surface area contributed by atoms with Gasteiger partial charge in [-0.25, -0.2) is 0 Å². The molecule has 0 aromatic heterocycles. The molecule has 3 aliphatic heterocycles. The fraction of sp³-hybridized carbons (Fsp3) is 0.130. The molecule has 338 valence electrons. The van der Waals surface area contributed by atoms with Crippen molar-refractivity contribution in [1.82, 2.24) is 0 Å². The van der Waals surface area contributed by atoms with E-state index in [0.717, 1.165) is 0 Å². The van der Waals surface area contributed by atoms with Crippen LogP contribution < -0.4 is 4.90 Å². The molecule has 0 aliphatic carbocycles. The Balaban J connectivity index is 1.02. The van der Waals surface area contributed by atoms with Crippen molar-refractivity contribution < 1.29 is 0 Å². The Morgan fingerprint density at radius 3 is 0.657 bits per heavy atom. The molecule has 12 rings (SSSR count). The third-order valence-electron chi connectivity index (χ3n) is 15.6. The Labute approximate surface area is 414 Å². The van der Waals surface area contributed by atoms with E-state index in [4.69, 9.17) is 0 Å². The van der Waals surface area contributed by atoms with Crippen LogP contribution >= 0.6 is 0 Å². The summed E-state index contributed by atoms with van der Waals surface area (Å²) in [6, 6.07) is 74.1. The molecule has 0 saturated carbocycles. The highest BCUT2D eigenvalue weighted by atomic mass is 15.2. The van der Waals surface area contributed by atoms with Crippen molar-refractivity contribution in [3.05, 3.63) is 267 Å². The van der Waals surface area contributed by atoms with Gasteiger partial charge in [0.05, 0.1) is 17.1 Å². The first-order valence-electron chi connectivity index (χ1n) is 24.8. The summed E-state index contributed by atoms with van der Waals surface area (Å²) >= 11 is 0. The quantitative estimate of drug-likeness (QED) is 0.131. The summed E-state index contributed by atoms with van der Waals surface area (Å²) in [4.78, 5) is 2.70. The third-order valence-corrected chi connectivity index (χ3v) is 15.6. The number of benzene rings is 9. The molecular weight excluding hydrogens is 843 g/mol. The number of rotatable bonds is 9. The highest BCUT2D eigenvalue weighted by molar-refractivity contribution is 6.01. The average molecular weight is 900 g/mol. The molecule has 0 N–H and O–H groups in total. The minimum Gasteiger partial charge on any atom is -0.309 e. The van der Waals surface area contributed by atoms with Crippen molar-refractivity contribution in [3.8, 4) is 33.4 Å². The molecule has 1 nitrogen and oxygen atoms in total. The van der Waals surface area contributed by atoms with Gasteiger partial charge in [0.15, 0.2) is 0 Å². The predicted molar refractivity (Wildman–Crippen MR) is 300 cm³/mol. The Kier molecular flexibility index (Phi) is 10.3. The Bertz CT molecular complexity index is 3080. The van der Waals surface area contributed by atoms with E-state index in [1.807, 2.05) is 0 Å². The average Bonchev–Trinajstić information content (AvgIpc) is 3.39. The molecule has 9 aromatic rings. The first kappa shape index (κ1) is 43.3. The normalized spacial score (nSPS) is 15.4. The maximum absolute atomic E-state index is 2.70. The van der Waals surface area contributed by atoms with Crippen LogP contribution in [0.25, 0.3) is 69.8 Å². The highest BCUT2D eigenvalue weighted by Crippen LogP contribution is 2.67. The smallest absolute Gasteiger partial charge is 0.0544 e. The molecule has 0 atom stereocenters. The van der Waals surface area contributed by atoms with Crippen molar-refractivity contribution in [1.29, 1.82) is 0 Å². The van der Waals surface area contributed by atoms with Crippen molar-refractivity contribution in [3.63, 3.8) is 0 Å². The molecule has 9 aromatic carbocycles. The van der Waals surface area contributed by atoms with Gasteiger partial charge in [0.1, 0.15) is 0 Å². The van der Waals surface area contributed by atoms with Gasteiger partial charge in [-0.2, -0.15) is 0 Å². The van der Waals surface area contributed by atoms with Crippen LogP contribution in [0, 0.1) is 0 Å². The van der Waals surface area contributed by atoms with Crippen LogP contribution in [0.15, 0.2) is 200 Å². The third kappa shape index (κ3) is 7.31. The second-order valence-electron chi connectivity index (χ2n) is 21.1. The molecule has 0 bridgehead atoms. The van der Waals surface area contributed by atoms with Gasteiger partial charge in [0, 0.05) is 16.2 Å². The SMILES string of the molecule is CC1(C)c2cc(-c3ccc(/C=C/c4ccccc4)cc3)cc3c2N2c4c1cc(-c1ccc(/C=C/c5ccccc5)cc1)cc4C(C)(C)c1cc(-c4ccc(/C=C/c5ccccc5)cc4)cc(c12)C3(C)C. The molecule has 1 heteroatoms. The van der Waals surface area contributed by atoms with Crippen molar-refractivity contribution >= 4 is 53.5 Å². The van der Waals surface area contributed by atoms with Crippen LogP contribution in [-0.4, -0.2) is 0 Å². The summed E-state index contributed by atoms with van der Waals surface area (Å²) in [6.07, 6.45) is 13.2. The van der Waals surface area contributed by atoms with Gasteiger partial charge in [-0.15, -0.1) is 0 Å². The van der Waals surface area contributed by atoms with E-state index in [0.29, 0.717) is 0 Å². The Morgan fingerprint density at radius 1 is 0.243 bits per heavy atom. The van der Waals surface area contributed by atoms with Gasteiger partial charge >= 0.3 is 0 Å². The van der Waals surface area contributed by atoms with Gasteiger partial charge in [-0.3, -0.25) is 0 Å². The summed E-state index contributed by atoms with van der Waals surface area (Å²) in [7, 11) is 0. The maximum Gasteiger partial charge on any atom is 0.0544 e. The van der Waals surface area contributed by atoms with Gasteiger partial charge < -0.3 is 4.90 Å². The number of anilines is 3. The zero-order valence-electron chi connectivity index (χ0n) is 41.0. The molecule has 3 aliphatic rings. The van der Waals surface area contributed by atoms with E-state index >= 15 is 0 Å². The summed E-state index contributed by atoms with van der Waals surface area (Å²) in [6.45, 7) is 14.8. The fourth-order valence-electron chi connectivity index (χ4n) is 11.4. The second kappa shape index (κ2) is 16.6. The van der Waals surface area contributed by atoms with Crippen molar-refractivity contribution in [2.75, 3.05) is 4.90 Å². The zero-order valence-corrected chi connectivity index (χ0v) is 41.0. The molecule has 0 radical (unpaired) electrons. The van der Waals surface area contributed by atoms with Gasteiger partial charge in [-0.05, 0) is 137 Å². The summed E-state index contributed by atoms with van der Waals surface area (Å²) in [5.74, 6) is 0. The van der Waals surface area contributed by atoms with Gasteiger partial charge in [0.2, 0.25) is 0 Å². The number of nitrogens with zero attached hydrogens (tertiary/aromatic N) is 1. The van der Waals surface area contributed by atoms with Gasteiger partial charge in [-0.1, -0.05) is 242 Å². The van der Waals surface area contributed by atoms with E-state index in [-0.39, 0.29) is 16.2 Å². The van der Waals surface area contributed by atoms with E-state index < -0.39 is 0 Å². The Hall–Kier alpha value is -8.00. The van der Waals surface area contributed by atoms with Crippen molar-refractivity contribution in [2.24, 2.45) is 0 Å².